The van der Waals surface area contributed by atoms with Crippen LogP contribution >= 0.6 is 0 Å². The molecule has 0 bridgehead atoms. The summed E-state index contributed by atoms with van der Waals surface area (Å²) in [5.74, 6) is -0.304. The lowest BCUT2D eigenvalue weighted by Crippen LogP contribution is -2.27. The minimum absolute atomic E-state index is 0.0530. The Balaban J connectivity index is 1.61. The fourth-order valence-electron chi connectivity index (χ4n) is 2.63. The first-order chi connectivity index (χ1) is 13.5. The summed E-state index contributed by atoms with van der Waals surface area (Å²) in [5, 5.41) is 2.82. The van der Waals surface area contributed by atoms with Gasteiger partial charge in [-0.05, 0) is 47.9 Å². The summed E-state index contributed by atoms with van der Waals surface area (Å²) >= 11 is 0. The molecular weight excluding hydrogens is 374 g/mol. The number of nitrogens with zero attached hydrogens (tertiary/aromatic N) is 1. The van der Waals surface area contributed by atoms with E-state index in [4.69, 9.17) is 0 Å². The van der Waals surface area contributed by atoms with E-state index in [2.05, 4.69) is 15.0 Å². The van der Waals surface area contributed by atoms with E-state index in [0.29, 0.717) is 18.5 Å². The quantitative estimate of drug-likeness (QED) is 0.613. The second-order valence-corrected chi connectivity index (χ2v) is 7.97. The van der Waals surface area contributed by atoms with Crippen LogP contribution in [-0.2, 0) is 23.0 Å². The van der Waals surface area contributed by atoms with E-state index in [-0.39, 0.29) is 17.3 Å². The van der Waals surface area contributed by atoms with Crippen molar-refractivity contribution in [2.45, 2.75) is 17.9 Å². The van der Waals surface area contributed by atoms with Gasteiger partial charge in [0, 0.05) is 31.0 Å². The Labute approximate surface area is 164 Å². The second kappa shape index (κ2) is 9.25. The predicted octanol–water partition coefficient (Wildman–Crippen LogP) is 2.53. The fourth-order valence-corrected chi connectivity index (χ4v) is 3.70. The minimum atomic E-state index is -3.73. The smallest absolute Gasteiger partial charge is 0.251 e. The maximum atomic E-state index is 12.5. The third kappa shape index (κ3) is 5.48. The molecule has 2 aromatic carbocycles. The van der Waals surface area contributed by atoms with E-state index in [1.54, 1.807) is 36.7 Å². The van der Waals surface area contributed by atoms with Gasteiger partial charge in [0.2, 0.25) is 10.0 Å². The molecule has 0 aliphatic heterocycles. The lowest BCUT2D eigenvalue weighted by atomic mass is 10.1. The van der Waals surface area contributed by atoms with Gasteiger partial charge in [0.25, 0.3) is 5.91 Å². The van der Waals surface area contributed by atoms with Gasteiger partial charge in [-0.25, -0.2) is 13.1 Å². The van der Waals surface area contributed by atoms with Crippen molar-refractivity contribution in [2.24, 2.45) is 0 Å². The second-order valence-electron chi connectivity index (χ2n) is 6.20. The molecule has 0 saturated heterocycles. The molecule has 3 aromatic rings. The van der Waals surface area contributed by atoms with Crippen molar-refractivity contribution in [3.63, 3.8) is 0 Å². The molecule has 0 aliphatic rings. The topological polar surface area (TPSA) is 88.2 Å². The average Bonchev–Trinajstić information content (AvgIpc) is 2.74. The van der Waals surface area contributed by atoms with Crippen LogP contribution in [0.15, 0.2) is 84.0 Å². The van der Waals surface area contributed by atoms with Gasteiger partial charge in [-0.15, -0.1) is 0 Å². The largest absolute Gasteiger partial charge is 0.352 e. The van der Waals surface area contributed by atoms with E-state index >= 15 is 0 Å². The Morgan fingerprint density at radius 3 is 2.39 bits per heavy atom. The molecule has 3 rings (SSSR count). The zero-order chi connectivity index (χ0) is 19.8. The third-order valence-corrected chi connectivity index (χ3v) is 5.56. The molecule has 0 atom stereocenters. The summed E-state index contributed by atoms with van der Waals surface area (Å²) in [5.41, 5.74) is 2.23. The molecule has 0 fully saturated rings. The Bertz CT molecular complexity index is 1020. The highest BCUT2D eigenvalue weighted by atomic mass is 32.2. The minimum Gasteiger partial charge on any atom is -0.352 e. The van der Waals surface area contributed by atoms with Gasteiger partial charge in [-0.1, -0.05) is 36.4 Å². The van der Waals surface area contributed by atoms with Crippen LogP contribution in [0.3, 0.4) is 0 Å². The van der Waals surface area contributed by atoms with Gasteiger partial charge in [0.15, 0.2) is 0 Å². The van der Waals surface area contributed by atoms with E-state index in [9.17, 15) is 13.2 Å². The molecule has 0 spiro atoms. The monoisotopic (exact) mass is 395 g/mol. The number of aromatic nitrogens is 1. The van der Waals surface area contributed by atoms with Crippen molar-refractivity contribution < 1.29 is 13.2 Å². The molecule has 144 valence electrons. The van der Waals surface area contributed by atoms with Crippen LogP contribution < -0.4 is 10.0 Å². The Kier molecular flexibility index (Phi) is 6.52. The van der Waals surface area contributed by atoms with Crippen LogP contribution in [0.1, 0.15) is 21.5 Å². The maximum absolute atomic E-state index is 12.5. The van der Waals surface area contributed by atoms with Crippen molar-refractivity contribution in [3.8, 4) is 0 Å². The van der Waals surface area contributed by atoms with Crippen LogP contribution in [0.2, 0.25) is 0 Å². The first-order valence-corrected chi connectivity index (χ1v) is 10.3. The number of benzene rings is 2. The number of hydrogen-bond acceptors (Lipinski definition) is 4. The SMILES string of the molecule is O=C(NCCc1ccccc1)c1cccc(S(=O)(=O)NCc2ccncc2)c1. The normalized spacial score (nSPS) is 11.1. The van der Waals surface area contributed by atoms with Crippen LogP contribution in [0, 0.1) is 0 Å². The number of sulfonamides is 1. The molecule has 28 heavy (non-hydrogen) atoms. The molecule has 1 amide bonds. The van der Waals surface area contributed by atoms with Crippen molar-refractivity contribution in [2.75, 3.05) is 6.54 Å². The van der Waals surface area contributed by atoms with Crippen molar-refractivity contribution in [3.05, 3.63) is 95.8 Å². The van der Waals surface area contributed by atoms with E-state index in [1.807, 2.05) is 30.3 Å². The van der Waals surface area contributed by atoms with Crippen LogP contribution in [0.25, 0.3) is 0 Å². The summed E-state index contributed by atoms with van der Waals surface area (Å²) < 4.78 is 27.6. The van der Waals surface area contributed by atoms with Gasteiger partial charge in [-0.3, -0.25) is 9.78 Å². The predicted molar refractivity (Wildman–Crippen MR) is 107 cm³/mol. The summed E-state index contributed by atoms with van der Waals surface area (Å²) in [6.45, 7) is 0.623. The number of pyridine rings is 1. The third-order valence-electron chi connectivity index (χ3n) is 4.16. The van der Waals surface area contributed by atoms with Crippen molar-refractivity contribution >= 4 is 15.9 Å². The maximum Gasteiger partial charge on any atom is 0.251 e. The zero-order valence-electron chi connectivity index (χ0n) is 15.2. The first-order valence-electron chi connectivity index (χ1n) is 8.85. The molecule has 6 nitrogen and oxygen atoms in total. The number of amides is 1. The molecular formula is C21H21N3O3S. The van der Waals surface area contributed by atoms with Crippen LogP contribution in [-0.4, -0.2) is 25.9 Å². The number of hydrogen-bond donors (Lipinski definition) is 2. The van der Waals surface area contributed by atoms with Gasteiger partial charge >= 0.3 is 0 Å². The number of nitrogens with one attached hydrogen (secondary N) is 2. The fraction of sp³-hybridized carbons (Fsp3) is 0.143. The summed E-state index contributed by atoms with van der Waals surface area (Å²) in [6, 6.07) is 19.3. The molecule has 7 heteroatoms. The van der Waals surface area contributed by atoms with E-state index < -0.39 is 10.0 Å². The molecule has 0 unspecified atom stereocenters. The Morgan fingerprint density at radius 1 is 0.893 bits per heavy atom. The average molecular weight is 395 g/mol. The first kappa shape index (κ1) is 19.7. The van der Waals surface area contributed by atoms with Gasteiger partial charge in [-0.2, -0.15) is 0 Å². The molecule has 1 aromatic heterocycles. The summed E-state index contributed by atoms with van der Waals surface area (Å²) in [4.78, 5) is 16.3. The van der Waals surface area contributed by atoms with Gasteiger partial charge in [0.05, 0.1) is 4.90 Å². The molecule has 0 aliphatic carbocycles. The number of carbonyl (C=O) groups excluding carboxylic acids is 1. The van der Waals surface area contributed by atoms with Crippen molar-refractivity contribution in [1.82, 2.24) is 15.0 Å². The van der Waals surface area contributed by atoms with Crippen LogP contribution in [0.4, 0.5) is 0 Å². The molecule has 0 saturated carbocycles. The lowest BCUT2D eigenvalue weighted by Gasteiger charge is -2.09. The zero-order valence-corrected chi connectivity index (χ0v) is 16.0. The Morgan fingerprint density at radius 2 is 1.64 bits per heavy atom. The molecule has 2 N–H and O–H groups in total. The Hall–Kier alpha value is -3.03. The molecule has 1 heterocycles. The highest BCUT2D eigenvalue weighted by Gasteiger charge is 2.16. The summed E-state index contributed by atoms with van der Waals surface area (Å²) in [7, 11) is -3.73. The number of carbonyl (C=O) groups is 1. The standard InChI is InChI=1S/C21H21N3O3S/c25-21(23-14-11-17-5-2-1-3-6-17)19-7-4-8-20(15-19)28(26,27)24-16-18-9-12-22-13-10-18/h1-10,12-13,15,24H,11,14,16H2,(H,23,25). The van der Waals surface area contributed by atoms with Gasteiger partial charge < -0.3 is 5.32 Å². The highest BCUT2D eigenvalue weighted by molar-refractivity contribution is 7.89. The number of rotatable bonds is 8. The highest BCUT2D eigenvalue weighted by Crippen LogP contribution is 2.12. The molecule has 0 radical (unpaired) electrons. The summed E-state index contributed by atoms with van der Waals surface area (Å²) in [6.07, 6.45) is 3.91. The van der Waals surface area contributed by atoms with E-state index in [0.717, 1.165) is 11.1 Å². The van der Waals surface area contributed by atoms with Crippen LogP contribution in [0.5, 0.6) is 0 Å². The van der Waals surface area contributed by atoms with Crippen molar-refractivity contribution in [1.29, 1.82) is 0 Å². The van der Waals surface area contributed by atoms with E-state index in [1.165, 1.54) is 12.1 Å². The lowest BCUT2D eigenvalue weighted by molar-refractivity contribution is 0.0954. The van der Waals surface area contributed by atoms with Gasteiger partial charge in [0.1, 0.15) is 0 Å².